The van der Waals surface area contributed by atoms with Crippen molar-refractivity contribution in [1.82, 2.24) is 9.80 Å². The van der Waals surface area contributed by atoms with Crippen molar-refractivity contribution in [3.8, 4) is 0 Å². The standard InChI is InChI=1S/C14H16F4N2O2/c1-9-4-5-10(15)6-11(9)13(22)20(8-14(16,17)18)7-12(21)19(2)3/h4-6H,7-8H2,1-3H3. The second-order valence-corrected chi connectivity index (χ2v) is 5.02. The van der Waals surface area contributed by atoms with Crippen LogP contribution in [0.5, 0.6) is 0 Å². The highest BCUT2D eigenvalue weighted by Crippen LogP contribution is 2.20. The average molecular weight is 320 g/mol. The Labute approximate surface area is 125 Å². The molecule has 8 heteroatoms. The summed E-state index contributed by atoms with van der Waals surface area (Å²) in [4.78, 5) is 25.3. The van der Waals surface area contributed by atoms with Gasteiger partial charge in [0.05, 0.1) is 0 Å². The third kappa shape index (κ3) is 5.01. The fourth-order valence-corrected chi connectivity index (χ4v) is 1.72. The van der Waals surface area contributed by atoms with E-state index in [0.29, 0.717) is 10.5 Å². The fraction of sp³-hybridized carbons (Fsp3) is 0.429. The van der Waals surface area contributed by atoms with Crippen molar-refractivity contribution in [2.45, 2.75) is 13.1 Å². The number of carbonyl (C=O) groups excluding carboxylic acids is 2. The number of hydrogen-bond acceptors (Lipinski definition) is 2. The summed E-state index contributed by atoms with van der Waals surface area (Å²) < 4.78 is 51.1. The number of aryl methyl sites for hydroxylation is 1. The van der Waals surface area contributed by atoms with Crippen molar-refractivity contribution in [3.05, 3.63) is 35.1 Å². The van der Waals surface area contributed by atoms with Crippen LogP contribution in [-0.4, -0.2) is 55.0 Å². The Balaban J connectivity index is 3.11. The molecule has 2 amide bonds. The van der Waals surface area contributed by atoms with E-state index < -0.39 is 36.9 Å². The van der Waals surface area contributed by atoms with Gasteiger partial charge in [-0.2, -0.15) is 13.2 Å². The van der Waals surface area contributed by atoms with Crippen molar-refractivity contribution in [1.29, 1.82) is 0 Å². The number of likely N-dealkylation sites (N-methyl/N-ethyl adjacent to an activating group) is 1. The van der Waals surface area contributed by atoms with E-state index in [1.165, 1.54) is 27.1 Å². The summed E-state index contributed by atoms with van der Waals surface area (Å²) in [5.41, 5.74) is 0.131. The van der Waals surface area contributed by atoms with Gasteiger partial charge in [0, 0.05) is 19.7 Å². The zero-order valence-electron chi connectivity index (χ0n) is 12.4. The van der Waals surface area contributed by atoms with Gasteiger partial charge in [0.25, 0.3) is 5.91 Å². The van der Waals surface area contributed by atoms with E-state index in [4.69, 9.17) is 0 Å². The van der Waals surface area contributed by atoms with Crippen LogP contribution in [0.15, 0.2) is 18.2 Å². The Hall–Kier alpha value is -2.12. The van der Waals surface area contributed by atoms with Crippen LogP contribution in [0.3, 0.4) is 0 Å². The fourth-order valence-electron chi connectivity index (χ4n) is 1.72. The lowest BCUT2D eigenvalue weighted by molar-refractivity contribution is -0.146. The first-order valence-corrected chi connectivity index (χ1v) is 6.33. The molecule has 0 aliphatic heterocycles. The van der Waals surface area contributed by atoms with Crippen molar-refractivity contribution >= 4 is 11.8 Å². The maximum absolute atomic E-state index is 13.2. The van der Waals surface area contributed by atoms with Gasteiger partial charge >= 0.3 is 6.18 Å². The van der Waals surface area contributed by atoms with Crippen LogP contribution >= 0.6 is 0 Å². The van der Waals surface area contributed by atoms with Crippen molar-refractivity contribution in [3.63, 3.8) is 0 Å². The minimum atomic E-state index is -4.66. The molecule has 22 heavy (non-hydrogen) atoms. The number of nitrogens with zero attached hydrogens (tertiary/aromatic N) is 2. The van der Waals surface area contributed by atoms with Gasteiger partial charge in [-0.3, -0.25) is 9.59 Å². The number of alkyl halides is 3. The lowest BCUT2D eigenvalue weighted by atomic mass is 10.1. The van der Waals surface area contributed by atoms with Crippen molar-refractivity contribution < 1.29 is 27.2 Å². The molecule has 0 atom stereocenters. The predicted octanol–water partition coefficient (Wildman–Crippen LogP) is 2.23. The molecule has 0 spiro atoms. The van der Waals surface area contributed by atoms with E-state index in [-0.39, 0.29) is 5.56 Å². The Kier molecular flexibility index (Phi) is 5.51. The summed E-state index contributed by atoms with van der Waals surface area (Å²) in [6.07, 6.45) is -4.66. The summed E-state index contributed by atoms with van der Waals surface area (Å²) in [7, 11) is 2.73. The van der Waals surface area contributed by atoms with Gasteiger partial charge in [0.1, 0.15) is 18.9 Å². The Morgan fingerprint density at radius 3 is 2.27 bits per heavy atom. The Morgan fingerprint density at radius 2 is 1.77 bits per heavy atom. The smallest absolute Gasteiger partial charge is 0.347 e. The van der Waals surface area contributed by atoms with Crippen LogP contribution < -0.4 is 0 Å². The molecule has 0 bridgehead atoms. The minimum absolute atomic E-state index is 0.198. The molecule has 0 saturated carbocycles. The molecule has 0 unspecified atom stereocenters. The van der Waals surface area contributed by atoms with Gasteiger partial charge in [-0.1, -0.05) is 6.07 Å². The number of halogens is 4. The lowest BCUT2D eigenvalue weighted by Crippen LogP contribution is -2.45. The van der Waals surface area contributed by atoms with Gasteiger partial charge in [-0.25, -0.2) is 4.39 Å². The molecule has 1 rings (SSSR count). The van der Waals surface area contributed by atoms with Gasteiger partial charge < -0.3 is 9.80 Å². The molecule has 0 N–H and O–H groups in total. The van der Waals surface area contributed by atoms with E-state index in [1.807, 2.05) is 0 Å². The molecule has 1 aromatic rings. The zero-order chi connectivity index (χ0) is 17.1. The summed E-state index contributed by atoms with van der Waals surface area (Å²) >= 11 is 0. The molecule has 0 fully saturated rings. The maximum atomic E-state index is 13.2. The number of rotatable bonds is 4. The monoisotopic (exact) mass is 320 g/mol. The molecule has 0 aromatic heterocycles. The summed E-state index contributed by atoms with van der Waals surface area (Å²) in [6, 6.07) is 3.26. The molecule has 0 radical (unpaired) electrons. The van der Waals surface area contributed by atoms with Crippen LogP contribution in [-0.2, 0) is 4.79 Å². The highest BCUT2D eigenvalue weighted by Gasteiger charge is 2.35. The molecular weight excluding hydrogens is 304 g/mol. The first-order valence-electron chi connectivity index (χ1n) is 6.33. The van der Waals surface area contributed by atoms with Crippen LogP contribution in [0.2, 0.25) is 0 Å². The third-order valence-electron chi connectivity index (χ3n) is 2.91. The number of benzene rings is 1. The zero-order valence-corrected chi connectivity index (χ0v) is 12.4. The topological polar surface area (TPSA) is 40.6 Å². The molecular formula is C14H16F4N2O2. The third-order valence-corrected chi connectivity index (χ3v) is 2.91. The molecule has 4 nitrogen and oxygen atoms in total. The van der Waals surface area contributed by atoms with Crippen LogP contribution in [0.4, 0.5) is 17.6 Å². The quantitative estimate of drug-likeness (QED) is 0.798. The van der Waals surface area contributed by atoms with Gasteiger partial charge in [-0.05, 0) is 24.6 Å². The molecule has 0 aliphatic carbocycles. The lowest BCUT2D eigenvalue weighted by Gasteiger charge is -2.25. The van der Waals surface area contributed by atoms with Crippen LogP contribution in [0.25, 0.3) is 0 Å². The van der Waals surface area contributed by atoms with Crippen LogP contribution in [0.1, 0.15) is 15.9 Å². The second kappa shape index (κ2) is 6.76. The SMILES string of the molecule is Cc1ccc(F)cc1C(=O)N(CC(=O)N(C)C)CC(F)(F)F. The molecule has 1 aromatic carbocycles. The maximum Gasteiger partial charge on any atom is 0.406 e. The molecule has 0 saturated heterocycles. The molecule has 0 heterocycles. The highest BCUT2D eigenvalue weighted by molar-refractivity contribution is 5.97. The average Bonchev–Trinajstić information content (AvgIpc) is 2.38. The number of carbonyl (C=O) groups is 2. The molecule has 122 valence electrons. The first-order chi connectivity index (χ1) is 10.0. The van der Waals surface area contributed by atoms with E-state index in [1.54, 1.807) is 0 Å². The number of hydrogen-bond donors (Lipinski definition) is 0. The van der Waals surface area contributed by atoms with E-state index >= 15 is 0 Å². The Morgan fingerprint density at radius 1 is 1.18 bits per heavy atom. The molecule has 0 aliphatic rings. The van der Waals surface area contributed by atoms with Gasteiger partial charge in [0.15, 0.2) is 0 Å². The summed E-state index contributed by atoms with van der Waals surface area (Å²) in [5, 5.41) is 0. The van der Waals surface area contributed by atoms with E-state index in [9.17, 15) is 27.2 Å². The first kappa shape index (κ1) is 17.9. The predicted molar refractivity (Wildman–Crippen MR) is 71.8 cm³/mol. The largest absolute Gasteiger partial charge is 0.406 e. The highest BCUT2D eigenvalue weighted by atomic mass is 19.4. The number of amides is 2. The van der Waals surface area contributed by atoms with Crippen molar-refractivity contribution in [2.24, 2.45) is 0 Å². The summed E-state index contributed by atoms with van der Waals surface area (Å²) in [6.45, 7) is -0.838. The Bertz CT molecular complexity index is 570. The van der Waals surface area contributed by atoms with E-state index in [2.05, 4.69) is 0 Å². The van der Waals surface area contributed by atoms with Crippen molar-refractivity contribution in [2.75, 3.05) is 27.2 Å². The second-order valence-electron chi connectivity index (χ2n) is 5.02. The van der Waals surface area contributed by atoms with Gasteiger partial charge in [0.2, 0.25) is 5.91 Å². The summed E-state index contributed by atoms with van der Waals surface area (Å²) in [5.74, 6) is -2.43. The minimum Gasteiger partial charge on any atom is -0.347 e. The van der Waals surface area contributed by atoms with Crippen LogP contribution in [0, 0.1) is 12.7 Å². The normalized spacial score (nSPS) is 11.2. The van der Waals surface area contributed by atoms with Gasteiger partial charge in [-0.15, -0.1) is 0 Å². The van der Waals surface area contributed by atoms with E-state index in [0.717, 1.165) is 17.0 Å².